The van der Waals surface area contributed by atoms with Gasteiger partial charge in [-0.3, -0.25) is 0 Å². The van der Waals surface area contributed by atoms with E-state index in [2.05, 4.69) is 4.98 Å². The molecule has 0 amide bonds. The largest absolute Gasteiger partial charge is 0.408 e. The average Bonchev–Trinajstić information content (AvgIpc) is 2.67. The third-order valence-electron chi connectivity index (χ3n) is 2.57. The highest BCUT2D eigenvalue weighted by Gasteiger charge is 2.46. The van der Waals surface area contributed by atoms with Gasteiger partial charge in [0.15, 0.2) is 0 Å². The number of alkyl halides is 3. The second-order valence-corrected chi connectivity index (χ2v) is 3.58. The van der Waals surface area contributed by atoms with Crippen molar-refractivity contribution in [2.45, 2.75) is 25.1 Å². The minimum Gasteiger partial charge on any atom is -0.345 e. The van der Waals surface area contributed by atoms with Crippen molar-refractivity contribution in [2.24, 2.45) is 0 Å². The topological polar surface area (TPSA) is 16.1 Å². The highest BCUT2D eigenvalue weighted by atomic mass is 19.4. The maximum atomic E-state index is 12.6. The van der Waals surface area contributed by atoms with Gasteiger partial charge in [-0.1, -0.05) is 6.07 Å². The Bertz CT molecular complexity index is 323. The van der Waals surface area contributed by atoms with Gasteiger partial charge < -0.3 is 4.90 Å². The molecule has 0 saturated carbocycles. The number of halogens is 3. The first kappa shape index (κ1) is 10.3. The van der Waals surface area contributed by atoms with Crippen LogP contribution in [-0.2, 0) is 0 Å². The first-order valence-corrected chi connectivity index (χ1v) is 4.83. The molecule has 0 aromatic carbocycles. The molecule has 2 heterocycles. The molecule has 2 rings (SSSR count). The lowest BCUT2D eigenvalue weighted by atomic mass is 10.2. The van der Waals surface area contributed by atoms with Crippen LogP contribution in [0, 0.1) is 0 Å². The molecule has 0 N–H and O–H groups in total. The van der Waals surface area contributed by atoms with Gasteiger partial charge in [0.05, 0.1) is 0 Å². The molecular weight excluding hydrogens is 205 g/mol. The summed E-state index contributed by atoms with van der Waals surface area (Å²) in [6, 6.07) is 3.65. The van der Waals surface area contributed by atoms with E-state index in [1.807, 2.05) is 0 Å². The maximum Gasteiger partial charge on any atom is 0.408 e. The minimum atomic E-state index is -4.16. The van der Waals surface area contributed by atoms with E-state index in [9.17, 15) is 13.2 Å². The van der Waals surface area contributed by atoms with E-state index in [0.717, 1.165) is 0 Å². The number of nitrogens with zero attached hydrogens (tertiary/aromatic N) is 2. The molecule has 82 valence electrons. The molecule has 5 heteroatoms. The zero-order chi connectivity index (χ0) is 10.9. The third-order valence-corrected chi connectivity index (χ3v) is 2.57. The summed E-state index contributed by atoms with van der Waals surface area (Å²) >= 11 is 0. The average molecular weight is 216 g/mol. The molecule has 1 aromatic heterocycles. The number of aromatic nitrogens is 1. The lowest BCUT2D eigenvalue weighted by Gasteiger charge is -2.27. The smallest absolute Gasteiger partial charge is 0.345 e. The summed E-state index contributed by atoms with van der Waals surface area (Å²) in [5.41, 5.74) is 0. The van der Waals surface area contributed by atoms with E-state index >= 15 is 0 Å². The van der Waals surface area contributed by atoms with Crippen LogP contribution in [-0.4, -0.2) is 23.7 Å². The van der Waals surface area contributed by atoms with E-state index in [0.29, 0.717) is 18.8 Å². The second-order valence-electron chi connectivity index (χ2n) is 3.58. The van der Waals surface area contributed by atoms with Gasteiger partial charge in [0, 0.05) is 12.7 Å². The van der Waals surface area contributed by atoms with Gasteiger partial charge >= 0.3 is 6.18 Å². The first-order valence-electron chi connectivity index (χ1n) is 4.83. The predicted molar refractivity (Wildman–Crippen MR) is 50.7 cm³/mol. The molecule has 1 unspecified atom stereocenters. The van der Waals surface area contributed by atoms with Crippen LogP contribution < -0.4 is 4.90 Å². The van der Waals surface area contributed by atoms with Crippen LogP contribution in [0.25, 0.3) is 0 Å². The SMILES string of the molecule is FC(F)(F)C1CCCN1c1ccccn1. The van der Waals surface area contributed by atoms with Crippen LogP contribution >= 0.6 is 0 Å². The zero-order valence-electron chi connectivity index (χ0n) is 8.04. The van der Waals surface area contributed by atoms with Crippen molar-refractivity contribution in [2.75, 3.05) is 11.4 Å². The fourth-order valence-corrected chi connectivity index (χ4v) is 1.90. The van der Waals surface area contributed by atoms with Crippen LogP contribution in [0.5, 0.6) is 0 Å². The van der Waals surface area contributed by atoms with Gasteiger partial charge in [0.2, 0.25) is 0 Å². The maximum absolute atomic E-state index is 12.6. The first-order chi connectivity index (χ1) is 7.09. The van der Waals surface area contributed by atoms with Crippen LogP contribution in [0.4, 0.5) is 19.0 Å². The number of hydrogen-bond donors (Lipinski definition) is 0. The van der Waals surface area contributed by atoms with Crippen LogP contribution in [0.1, 0.15) is 12.8 Å². The molecule has 1 aliphatic rings. The summed E-state index contributed by atoms with van der Waals surface area (Å²) < 4.78 is 37.9. The van der Waals surface area contributed by atoms with Gasteiger partial charge in [-0.05, 0) is 25.0 Å². The number of anilines is 1. The molecular formula is C10H11F3N2. The normalized spacial score (nSPS) is 22.1. The summed E-state index contributed by atoms with van der Waals surface area (Å²) in [4.78, 5) is 5.28. The molecule has 1 aromatic rings. The van der Waals surface area contributed by atoms with E-state index in [4.69, 9.17) is 0 Å². The Morgan fingerprint density at radius 1 is 1.33 bits per heavy atom. The fourth-order valence-electron chi connectivity index (χ4n) is 1.90. The Morgan fingerprint density at radius 2 is 2.13 bits per heavy atom. The van der Waals surface area contributed by atoms with Crippen molar-refractivity contribution in [1.29, 1.82) is 0 Å². The molecule has 1 saturated heterocycles. The van der Waals surface area contributed by atoms with Gasteiger partial charge in [-0.2, -0.15) is 13.2 Å². The van der Waals surface area contributed by atoms with Crippen molar-refractivity contribution in [3.05, 3.63) is 24.4 Å². The standard InChI is InChI=1S/C10H11F3N2/c11-10(12,13)8-4-3-7-15(8)9-5-1-2-6-14-9/h1-2,5-6,8H,3-4,7H2. The van der Waals surface area contributed by atoms with Crippen LogP contribution in [0.2, 0.25) is 0 Å². The molecule has 1 fully saturated rings. The Hall–Kier alpha value is -1.26. The van der Waals surface area contributed by atoms with Crippen molar-refractivity contribution < 1.29 is 13.2 Å². The van der Waals surface area contributed by atoms with E-state index in [1.165, 1.54) is 11.1 Å². The van der Waals surface area contributed by atoms with Gasteiger partial charge in [-0.25, -0.2) is 4.98 Å². The Kier molecular flexibility index (Phi) is 2.54. The number of pyridine rings is 1. The molecule has 1 atom stereocenters. The highest BCUT2D eigenvalue weighted by molar-refractivity contribution is 5.41. The molecule has 2 nitrogen and oxygen atoms in total. The number of hydrogen-bond acceptors (Lipinski definition) is 2. The van der Waals surface area contributed by atoms with E-state index in [-0.39, 0.29) is 6.42 Å². The molecule has 0 radical (unpaired) electrons. The summed E-state index contributed by atoms with van der Waals surface area (Å²) in [5.74, 6) is 0.414. The summed E-state index contributed by atoms with van der Waals surface area (Å²) in [5, 5.41) is 0. The molecule has 15 heavy (non-hydrogen) atoms. The molecule has 0 spiro atoms. The van der Waals surface area contributed by atoms with Crippen LogP contribution in [0.15, 0.2) is 24.4 Å². The molecule has 0 aliphatic carbocycles. The molecule has 1 aliphatic heterocycles. The summed E-state index contributed by atoms with van der Waals surface area (Å²) in [6.07, 6.45) is -1.91. The molecule has 0 bridgehead atoms. The monoisotopic (exact) mass is 216 g/mol. The Balaban J connectivity index is 2.23. The van der Waals surface area contributed by atoms with Gasteiger partial charge in [-0.15, -0.1) is 0 Å². The van der Waals surface area contributed by atoms with E-state index < -0.39 is 12.2 Å². The quantitative estimate of drug-likeness (QED) is 0.717. The lowest BCUT2D eigenvalue weighted by molar-refractivity contribution is -0.146. The Labute approximate surface area is 85.7 Å². The zero-order valence-corrected chi connectivity index (χ0v) is 8.04. The highest BCUT2D eigenvalue weighted by Crippen LogP contribution is 2.34. The number of rotatable bonds is 1. The van der Waals surface area contributed by atoms with Crippen molar-refractivity contribution in [3.8, 4) is 0 Å². The second kappa shape index (κ2) is 3.72. The summed E-state index contributed by atoms with van der Waals surface area (Å²) in [6.45, 7) is 0.432. The van der Waals surface area contributed by atoms with E-state index in [1.54, 1.807) is 18.2 Å². The van der Waals surface area contributed by atoms with Crippen molar-refractivity contribution in [1.82, 2.24) is 4.98 Å². The lowest BCUT2D eigenvalue weighted by Crippen LogP contribution is -2.41. The van der Waals surface area contributed by atoms with Gasteiger partial charge in [0.1, 0.15) is 11.9 Å². The minimum absolute atomic E-state index is 0.167. The van der Waals surface area contributed by atoms with Crippen LogP contribution in [0.3, 0.4) is 0 Å². The fraction of sp³-hybridized carbons (Fsp3) is 0.500. The van der Waals surface area contributed by atoms with Crippen molar-refractivity contribution in [3.63, 3.8) is 0 Å². The predicted octanol–water partition coefficient (Wildman–Crippen LogP) is 2.61. The third kappa shape index (κ3) is 2.06. The summed E-state index contributed by atoms with van der Waals surface area (Å²) in [7, 11) is 0. The Morgan fingerprint density at radius 3 is 2.73 bits per heavy atom. The van der Waals surface area contributed by atoms with Crippen molar-refractivity contribution >= 4 is 5.82 Å². The van der Waals surface area contributed by atoms with Gasteiger partial charge in [0.25, 0.3) is 0 Å².